The van der Waals surface area contributed by atoms with Gasteiger partial charge in [-0.3, -0.25) is 9.59 Å². The second-order valence-electron chi connectivity index (χ2n) is 10.5. The first kappa shape index (κ1) is 34.2. The van der Waals surface area contributed by atoms with Gasteiger partial charge >= 0.3 is 0 Å². The molecule has 6 aromatic carbocycles. The Morgan fingerprint density at radius 2 is 1.00 bits per heavy atom. The average Bonchev–Trinajstić information content (AvgIpc) is 3.11. The van der Waals surface area contributed by atoms with E-state index in [0.29, 0.717) is 11.3 Å². The van der Waals surface area contributed by atoms with Crippen LogP contribution in [-0.2, 0) is 4.79 Å². The standard InChI is InChI=1S/C38H29N2O2P.ClHO4/c41-37(30-17-5-1-6-18-30)40-36(38(42)39-35-27-15-19-29-16-13-14-26-34(29)35)28-43(31-20-7-2-8-21-31,32-22-9-3-10-23-32)33-24-11-4-12-25-33;2-1(3,4)5/h1-28H,(H-,39,40,41,42);(H,2,3,4,5)/p+1. The number of amides is 2. The molecular weight excluding hydrogens is 647 g/mol. The first-order chi connectivity index (χ1) is 23.1. The van der Waals surface area contributed by atoms with Crippen LogP contribution >= 0.6 is 7.26 Å². The first-order valence-corrected chi connectivity index (χ1v) is 17.8. The average molecular weight is 678 g/mol. The lowest BCUT2D eigenvalue weighted by Crippen LogP contribution is -2.58. The smallest absolute Gasteiger partial charge is 0.275 e. The molecule has 48 heavy (non-hydrogen) atoms. The molecule has 0 fully saturated rings. The Kier molecular flexibility index (Phi) is 11.1. The molecule has 10 heteroatoms. The molecule has 8 nitrogen and oxygen atoms in total. The van der Waals surface area contributed by atoms with Crippen LogP contribution < -0.4 is 40.5 Å². The Hall–Kier alpha value is -5.18. The van der Waals surface area contributed by atoms with E-state index >= 15 is 0 Å². The Balaban J connectivity index is 0.000000840. The summed E-state index contributed by atoms with van der Waals surface area (Å²) in [6.07, 6.45) is 0. The van der Waals surface area contributed by atoms with E-state index in [4.69, 9.17) is 18.6 Å². The molecule has 0 radical (unpaired) electrons. The minimum atomic E-state index is -4.69. The van der Waals surface area contributed by atoms with E-state index in [2.05, 4.69) is 47.0 Å². The van der Waals surface area contributed by atoms with Crippen molar-refractivity contribution in [1.29, 1.82) is 0 Å². The number of rotatable bonds is 8. The molecule has 0 spiro atoms. The van der Waals surface area contributed by atoms with Crippen molar-refractivity contribution in [3.05, 3.63) is 181 Å². The third-order valence-electron chi connectivity index (χ3n) is 7.38. The maximum Gasteiger partial charge on any atom is 0.275 e. The third-order valence-corrected chi connectivity index (χ3v) is 11.4. The number of nitrogens with one attached hydrogen (secondary N) is 2. The van der Waals surface area contributed by atoms with E-state index in [0.717, 1.165) is 26.7 Å². The summed E-state index contributed by atoms with van der Waals surface area (Å²) < 4.78 is 32.7. The van der Waals surface area contributed by atoms with Gasteiger partial charge in [0.05, 0.1) is 14.9 Å². The van der Waals surface area contributed by atoms with Crippen LogP contribution in [0.2, 0.25) is 0 Å². The quantitative estimate of drug-likeness (QED) is 0.167. The highest BCUT2D eigenvalue weighted by atomic mass is 35.7. The molecule has 240 valence electrons. The minimum absolute atomic E-state index is 0.187. The highest BCUT2D eigenvalue weighted by molar-refractivity contribution is 7.98. The van der Waals surface area contributed by atoms with Crippen molar-refractivity contribution in [3.63, 3.8) is 0 Å². The molecule has 3 N–H and O–H groups in total. The highest BCUT2D eigenvalue weighted by Crippen LogP contribution is 2.57. The number of hydrogen-bond acceptors (Lipinski definition) is 6. The van der Waals surface area contributed by atoms with Crippen molar-refractivity contribution in [2.75, 3.05) is 5.32 Å². The van der Waals surface area contributed by atoms with Gasteiger partial charge in [0.1, 0.15) is 34.7 Å². The molecule has 0 heterocycles. The molecule has 0 bridgehead atoms. The van der Waals surface area contributed by atoms with Gasteiger partial charge in [0.15, 0.2) is 0 Å². The molecule has 2 amide bonds. The van der Waals surface area contributed by atoms with Crippen molar-refractivity contribution in [1.82, 2.24) is 5.32 Å². The van der Waals surface area contributed by atoms with Crippen LogP contribution in [-0.4, -0.2) is 16.5 Å². The van der Waals surface area contributed by atoms with E-state index in [9.17, 15) is 9.59 Å². The molecule has 0 saturated heterocycles. The Labute approximate surface area is 280 Å². The summed E-state index contributed by atoms with van der Waals surface area (Å²) in [6.45, 7) is 0. The van der Waals surface area contributed by atoms with Gasteiger partial charge in [0.2, 0.25) is 0 Å². The minimum Gasteiger partial charge on any atom is -0.320 e. The van der Waals surface area contributed by atoms with Crippen LogP contribution in [0, 0.1) is 10.2 Å². The zero-order chi connectivity index (χ0) is 34.0. The fraction of sp³-hybridized carbons (Fsp3) is 0. The van der Waals surface area contributed by atoms with Gasteiger partial charge in [-0.1, -0.05) is 109 Å². The highest BCUT2D eigenvalue weighted by Gasteiger charge is 2.45. The molecule has 0 aromatic heterocycles. The number of benzene rings is 6. The summed E-state index contributed by atoms with van der Waals surface area (Å²) in [6, 6.07) is 53.3. The van der Waals surface area contributed by atoms with E-state index < -0.39 is 23.4 Å². The molecule has 0 atom stereocenters. The van der Waals surface area contributed by atoms with Crippen molar-refractivity contribution in [3.8, 4) is 0 Å². The molecule has 6 aromatic rings. The molecule has 0 aliphatic rings. The van der Waals surface area contributed by atoms with Gasteiger partial charge in [-0.25, -0.2) is 0 Å². The number of fused-ring (bicyclic) bond motifs is 1. The van der Waals surface area contributed by atoms with E-state index in [1.165, 1.54) is 0 Å². The van der Waals surface area contributed by atoms with E-state index in [1.807, 2.05) is 121 Å². The van der Waals surface area contributed by atoms with Gasteiger partial charge in [-0.15, -0.1) is 0 Å². The van der Waals surface area contributed by atoms with Crippen LogP contribution in [0.25, 0.3) is 10.8 Å². The molecule has 0 aliphatic carbocycles. The van der Waals surface area contributed by atoms with Crippen LogP contribution in [0.5, 0.6) is 0 Å². The second kappa shape index (κ2) is 15.6. The summed E-state index contributed by atoms with van der Waals surface area (Å²) in [5.74, 6) is 1.24. The zero-order valence-electron chi connectivity index (χ0n) is 25.5. The van der Waals surface area contributed by atoms with E-state index in [-0.39, 0.29) is 11.6 Å². The van der Waals surface area contributed by atoms with E-state index in [1.54, 1.807) is 12.1 Å². The molecule has 0 saturated carbocycles. The number of hydrogen-bond donors (Lipinski definition) is 3. The number of carbonyl (C=O) groups excluding carboxylic acids is 2. The molecular formula is C38H31ClN2O6P+. The Morgan fingerprint density at radius 3 is 1.50 bits per heavy atom. The SMILES string of the molecule is O=C(Nc1cccc2ccccc12)C(=C[P+](c1ccccc1)(c1ccccc1)c1ccccc1)NC(=O)c1ccccc1.[O-][Cl+3]([O-])([O-])O. The third kappa shape index (κ3) is 8.59. The lowest BCUT2D eigenvalue weighted by atomic mass is 10.1. The molecule has 0 aliphatic heterocycles. The predicted molar refractivity (Wildman–Crippen MR) is 182 cm³/mol. The van der Waals surface area contributed by atoms with Gasteiger partial charge < -0.3 is 10.6 Å². The van der Waals surface area contributed by atoms with Crippen LogP contribution in [0.15, 0.2) is 175 Å². The number of halogens is 1. The fourth-order valence-electron chi connectivity index (χ4n) is 5.31. The largest absolute Gasteiger partial charge is 0.320 e. The normalized spacial score (nSPS) is 11.6. The zero-order valence-corrected chi connectivity index (χ0v) is 27.1. The summed E-state index contributed by atoms with van der Waals surface area (Å²) in [7, 11) is -7.30. The monoisotopic (exact) mass is 677 g/mol. The van der Waals surface area contributed by atoms with Crippen molar-refractivity contribution in [2.24, 2.45) is 0 Å². The molecule has 6 rings (SSSR count). The maximum absolute atomic E-state index is 14.3. The number of anilines is 1. The number of carbonyl (C=O) groups is 2. The summed E-state index contributed by atoms with van der Waals surface area (Å²) in [4.78, 5) is 27.9. The Morgan fingerprint density at radius 1 is 0.583 bits per heavy atom. The van der Waals surface area contributed by atoms with Gasteiger partial charge in [-0.05, 0) is 60.0 Å². The van der Waals surface area contributed by atoms with Gasteiger partial charge in [0.25, 0.3) is 11.8 Å². The predicted octanol–water partition coefficient (Wildman–Crippen LogP) is 2.92. The second-order valence-corrected chi connectivity index (χ2v) is 14.5. The lowest BCUT2D eigenvalue weighted by Gasteiger charge is -2.25. The van der Waals surface area contributed by atoms with Crippen molar-refractivity contribution >= 4 is 51.5 Å². The van der Waals surface area contributed by atoms with Crippen molar-refractivity contribution < 1.29 is 38.5 Å². The summed E-state index contributed by atoms with van der Waals surface area (Å²) >= 11 is 0. The lowest BCUT2D eigenvalue weighted by molar-refractivity contribution is -1.92. The van der Waals surface area contributed by atoms with Crippen LogP contribution in [0.3, 0.4) is 0 Å². The fourth-order valence-corrected chi connectivity index (χ4v) is 9.15. The molecule has 0 unspecified atom stereocenters. The summed E-state index contributed by atoms with van der Waals surface area (Å²) in [5.41, 5.74) is 1.33. The van der Waals surface area contributed by atoms with Gasteiger partial charge in [-0.2, -0.15) is 14.0 Å². The van der Waals surface area contributed by atoms with Crippen molar-refractivity contribution in [2.45, 2.75) is 0 Å². The Bertz CT molecular complexity index is 1900. The van der Waals surface area contributed by atoms with Gasteiger partial charge in [0, 0.05) is 16.6 Å². The van der Waals surface area contributed by atoms with Crippen LogP contribution in [0.4, 0.5) is 5.69 Å². The first-order valence-electron chi connectivity index (χ1n) is 14.7. The maximum atomic E-state index is 14.3. The van der Waals surface area contributed by atoms with Crippen LogP contribution in [0.1, 0.15) is 10.4 Å². The summed E-state index contributed by atoms with van der Waals surface area (Å²) in [5, 5.41) is 11.2. The topological polar surface area (TPSA) is 148 Å².